The summed E-state index contributed by atoms with van der Waals surface area (Å²) in [6, 6.07) is 5.89. The van der Waals surface area contributed by atoms with Crippen LogP contribution >= 0.6 is 24.2 Å². The normalized spacial score (nSPS) is 13.4. The van der Waals surface area contributed by atoms with Gasteiger partial charge in [0, 0.05) is 9.64 Å². The molecule has 1 nitrogen and oxygen atoms in total. The molecule has 0 fully saturated rings. The van der Waals surface area contributed by atoms with Crippen LogP contribution in [-0.4, -0.2) is 11.2 Å². The lowest BCUT2D eigenvalue weighted by Crippen LogP contribution is -2.20. The zero-order valence-electron chi connectivity index (χ0n) is 10.1. The third-order valence-corrected chi connectivity index (χ3v) is 3.17. The van der Waals surface area contributed by atoms with Crippen LogP contribution in [0.4, 0.5) is 8.78 Å². The number of benzene rings is 1. The quantitative estimate of drug-likeness (QED) is 0.838. The first kappa shape index (κ1) is 16.7. The lowest BCUT2D eigenvalue weighted by Gasteiger charge is -2.22. The van der Waals surface area contributed by atoms with Crippen molar-refractivity contribution in [3.63, 3.8) is 0 Å². The van der Waals surface area contributed by atoms with Crippen molar-refractivity contribution in [2.24, 2.45) is 5.73 Å². The van der Waals surface area contributed by atoms with Crippen LogP contribution in [0.25, 0.3) is 0 Å². The largest absolute Gasteiger partial charge is 0.319 e. The summed E-state index contributed by atoms with van der Waals surface area (Å²) in [5, 5.41) is 0. The average molecular weight is 282 g/mol. The highest BCUT2D eigenvalue weighted by Gasteiger charge is 2.22. The molecule has 0 radical (unpaired) electrons. The number of halogens is 3. The van der Waals surface area contributed by atoms with Gasteiger partial charge in [-0.1, -0.05) is 39.0 Å². The van der Waals surface area contributed by atoms with Crippen molar-refractivity contribution in [3.05, 3.63) is 29.8 Å². The highest BCUT2D eigenvalue weighted by atomic mass is 35.5. The van der Waals surface area contributed by atoms with E-state index < -0.39 is 12.5 Å². The molecule has 0 bridgehead atoms. The molecule has 98 valence electrons. The van der Waals surface area contributed by atoms with Crippen molar-refractivity contribution >= 4 is 24.2 Å². The molecule has 0 saturated carbocycles. The van der Waals surface area contributed by atoms with Gasteiger partial charge >= 0.3 is 0 Å². The van der Waals surface area contributed by atoms with Gasteiger partial charge in [-0.15, -0.1) is 24.2 Å². The first-order chi connectivity index (χ1) is 7.31. The molecule has 1 atom stereocenters. The van der Waals surface area contributed by atoms with Crippen LogP contribution < -0.4 is 5.73 Å². The number of rotatable bonds is 3. The van der Waals surface area contributed by atoms with E-state index in [4.69, 9.17) is 5.73 Å². The van der Waals surface area contributed by atoms with Crippen LogP contribution in [0.3, 0.4) is 0 Å². The van der Waals surface area contributed by atoms with Crippen LogP contribution in [0.5, 0.6) is 0 Å². The molecule has 0 saturated heterocycles. The van der Waals surface area contributed by atoms with Crippen molar-refractivity contribution in [1.82, 2.24) is 0 Å². The molecule has 0 amide bonds. The summed E-state index contributed by atoms with van der Waals surface area (Å²) < 4.78 is 25.2. The van der Waals surface area contributed by atoms with Gasteiger partial charge in [-0.25, -0.2) is 8.78 Å². The number of hydrogen-bond acceptors (Lipinski definition) is 2. The summed E-state index contributed by atoms with van der Waals surface area (Å²) in [7, 11) is 0. The maximum atomic E-state index is 12.6. The van der Waals surface area contributed by atoms with E-state index in [1.165, 1.54) is 0 Å². The van der Waals surface area contributed by atoms with Gasteiger partial charge in [0.15, 0.2) is 0 Å². The van der Waals surface area contributed by atoms with Crippen LogP contribution in [0, 0.1) is 0 Å². The maximum absolute atomic E-state index is 12.6. The minimum absolute atomic E-state index is 0. The summed E-state index contributed by atoms with van der Waals surface area (Å²) in [6.07, 6.45) is -2.53. The predicted octanol–water partition coefficient (Wildman–Crippen LogP) is 4.26. The van der Waals surface area contributed by atoms with Crippen molar-refractivity contribution in [1.29, 1.82) is 0 Å². The molecule has 0 aliphatic carbocycles. The van der Waals surface area contributed by atoms with Gasteiger partial charge < -0.3 is 5.73 Å². The second-order valence-corrected chi connectivity index (χ2v) is 6.48. The Morgan fingerprint density at radius 3 is 2.18 bits per heavy atom. The zero-order valence-corrected chi connectivity index (χ0v) is 11.7. The molecular weight excluding hydrogens is 264 g/mol. The Labute approximate surface area is 112 Å². The molecule has 0 heterocycles. The number of thioether (sulfide) groups is 1. The molecule has 0 aliphatic heterocycles. The van der Waals surface area contributed by atoms with Crippen molar-refractivity contribution in [2.75, 3.05) is 0 Å². The summed E-state index contributed by atoms with van der Waals surface area (Å²) in [4.78, 5) is 0.836. The Morgan fingerprint density at radius 1 is 1.18 bits per heavy atom. The van der Waals surface area contributed by atoms with Crippen LogP contribution in [0.15, 0.2) is 29.2 Å². The Balaban J connectivity index is 0.00000256. The molecule has 0 aliphatic rings. The smallest absolute Gasteiger partial charge is 0.257 e. The maximum Gasteiger partial charge on any atom is 0.257 e. The number of nitrogens with two attached hydrogens (primary N) is 1. The topological polar surface area (TPSA) is 26.0 Å². The van der Waals surface area contributed by atoms with E-state index >= 15 is 0 Å². The van der Waals surface area contributed by atoms with Crippen LogP contribution in [-0.2, 0) is 0 Å². The average Bonchev–Trinajstić information content (AvgIpc) is 2.15. The minimum atomic E-state index is -2.53. The second kappa shape index (κ2) is 6.57. The van der Waals surface area contributed by atoms with E-state index in [9.17, 15) is 8.78 Å². The van der Waals surface area contributed by atoms with E-state index in [1.54, 1.807) is 23.9 Å². The summed E-state index contributed by atoms with van der Waals surface area (Å²) in [6.45, 7) is 6.13. The van der Waals surface area contributed by atoms with Crippen molar-refractivity contribution in [2.45, 2.75) is 42.9 Å². The standard InChI is InChI=1S/C12H17F2NS.ClH/c1-12(2,3)16-9-7-5-4-6-8(9)10(15)11(13)14;/h4-7,10-11H,15H2,1-3H3;1H/t10-;/m1./s1. The van der Waals surface area contributed by atoms with Crippen LogP contribution in [0.2, 0.25) is 0 Å². The highest BCUT2D eigenvalue weighted by Crippen LogP contribution is 2.36. The first-order valence-electron chi connectivity index (χ1n) is 5.13. The molecule has 0 aromatic heterocycles. The van der Waals surface area contributed by atoms with Gasteiger partial charge in [-0.05, 0) is 11.6 Å². The number of alkyl halides is 2. The van der Waals surface area contributed by atoms with Gasteiger partial charge in [0.2, 0.25) is 0 Å². The minimum Gasteiger partial charge on any atom is -0.319 e. The summed E-state index contributed by atoms with van der Waals surface area (Å²) >= 11 is 1.56. The fourth-order valence-electron chi connectivity index (χ4n) is 1.31. The molecule has 1 aromatic carbocycles. The third kappa shape index (κ3) is 5.23. The van der Waals surface area contributed by atoms with Crippen LogP contribution in [0.1, 0.15) is 32.4 Å². The van der Waals surface area contributed by atoms with E-state index in [0.717, 1.165) is 4.90 Å². The van der Waals surface area contributed by atoms with Gasteiger partial charge in [0.1, 0.15) is 0 Å². The fourth-order valence-corrected chi connectivity index (χ4v) is 2.44. The van der Waals surface area contributed by atoms with E-state index in [2.05, 4.69) is 0 Å². The lowest BCUT2D eigenvalue weighted by atomic mass is 10.1. The molecule has 0 unspecified atom stereocenters. The van der Waals surface area contributed by atoms with Gasteiger partial charge in [0.05, 0.1) is 6.04 Å². The first-order valence-corrected chi connectivity index (χ1v) is 5.94. The van der Waals surface area contributed by atoms with E-state index in [1.807, 2.05) is 32.9 Å². The van der Waals surface area contributed by atoms with Crippen molar-refractivity contribution < 1.29 is 8.78 Å². The SMILES string of the molecule is CC(C)(C)Sc1ccccc1[C@@H](N)C(F)F.Cl. The second-order valence-electron chi connectivity index (χ2n) is 4.61. The Kier molecular flexibility index (Phi) is 6.45. The Morgan fingerprint density at radius 2 is 1.71 bits per heavy atom. The Hall–Kier alpha value is -0.320. The fraction of sp³-hybridized carbons (Fsp3) is 0.500. The molecule has 0 spiro atoms. The predicted molar refractivity (Wildman–Crippen MR) is 72.2 cm³/mol. The van der Waals surface area contributed by atoms with E-state index in [0.29, 0.717) is 5.56 Å². The summed E-state index contributed by atoms with van der Waals surface area (Å²) in [5.74, 6) is 0. The van der Waals surface area contributed by atoms with E-state index in [-0.39, 0.29) is 17.2 Å². The molecule has 2 N–H and O–H groups in total. The lowest BCUT2D eigenvalue weighted by molar-refractivity contribution is 0.115. The molecule has 1 rings (SSSR count). The summed E-state index contributed by atoms with van der Waals surface area (Å²) in [5.41, 5.74) is 6.02. The van der Waals surface area contributed by atoms with Crippen molar-refractivity contribution in [3.8, 4) is 0 Å². The highest BCUT2D eigenvalue weighted by molar-refractivity contribution is 8.00. The monoisotopic (exact) mass is 281 g/mol. The number of hydrogen-bond donors (Lipinski definition) is 1. The molecular formula is C12H18ClF2NS. The molecule has 5 heteroatoms. The third-order valence-electron chi connectivity index (χ3n) is 1.97. The molecule has 17 heavy (non-hydrogen) atoms. The Bertz CT molecular complexity index is 353. The molecule has 1 aromatic rings. The zero-order chi connectivity index (χ0) is 12.3. The van der Waals surface area contributed by atoms with Gasteiger partial charge in [-0.3, -0.25) is 0 Å². The van der Waals surface area contributed by atoms with Gasteiger partial charge in [-0.2, -0.15) is 0 Å². The van der Waals surface area contributed by atoms with Gasteiger partial charge in [0.25, 0.3) is 6.43 Å².